The minimum atomic E-state index is -0.679. The maximum atomic E-state index is 12.2. The molecule has 0 bridgehead atoms. The Balaban J connectivity index is 1.48. The Labute approximate surface area is 167 Å². The number of ether oxygens (including phenoxy) is 1. The van der Waals surface area contributed by atoms with Crippen molar-refractivity contribution in [3.63, 3.8) is 0 Å². The highest BCUT2D eigenvalue weighted by atomic mass is 35.5. The first-order valence-electron chi connectivity index (χ1n) is 8.50. The van der Waals surface area contributed by atoms with Crippen LogP contribution in [0.25, 0.3) is 11.1 Å². The summed E-state index contributed by atoms with van der Waals surface area (Å²) in [5, 5.41) is 8.04. The molecule has 3 aromatic rings. The normalized spacial score (nSPS) is 11.8. The third-order valence-electron chi connectivity index (χ3n) is 3.95. The van der Waals surface area contributed by atoms with Crippen LogP contribution in [0.2, 0.25) is 10.0 Å². The number of nitrogens with zero attached hydrogens (tertiary/aromatic N) is 2. The molecule has 1 amide bonds. The van der Waals surface area contributed by atoms with Gasteiger partial charge in [-0.05, 0) is 30.7 Å². The lowest BCUT2D eigenvalue weighted by molar-refractivity contribution is -0.127. The molecule has 0 aliphatic carbocycles. The summed E-state index contributed by atoms with van der Waals surface area (Å²) in [7, 11) is 0. The van der Waals surface area contributed by atoms with Gasteiger partial charge in [-0.2, -0.15) is 5.10 Å². The van der Waals surface area contributed by atoms with E-state index in [-0.39, 0.29) is 5.91 Å². The van der Waals surface area contributed by atoms with Crippen molar-refractivity contribution in [1.29, 1.82) is 0 Å². The number of carbonyl (C=O) groups excluding carboxylic acids is 1. The van der Waals surface area contributed by atoms with Crippen molar-refractivity contribution in [3.8, 4) is 16.9 Å². The first kappa shape index (κ1) is 19.3. The molecule has 2 aromatic carbocycles. The number of amides is 1. The van der Waals surface area contributed by atoms with Crippen LogP contribution in [0.5, 0.6) is 5.75 Å². The van der Waals surface area contributed by atoms with Crippen molar-refractivity contribution in [3.05, 3.63) is 71.0 Å². The first-order chi connectivity index (χ1) is 13.0. The Hall–Kier alpha value is -2.50. The number of carbonyl (C=O) groups is 1. The molecule has 0 saturated carbocycles. The zero-order valence-electron chi connectivity index (χ0n) is 14.7. The summed E-state index contributed by atoms with van der Waals surface area (Å²) in [6.45, 7) is 2.67. The zero-order chi connectivity index (χ0) is 19.2. The molecule has 3 rings (SSSR count). The summed E-state index contributed by atoms with van der Waals surface area (Å²) in [6, 6.07) is 14.9. The highest BCUT2D eigenvalue weighted by Gasteiger charge is 2.16. The molecule has 0 aliphatic heterocycles. The fourth-order valence-corrected chi connectivity index (χ4v) is 2.97. The molecule has 0 fully saturated rings. The number of benzene rings is 2. The van der Waals surface area contributed by atoms with Gasteiger partial charge in [0.1, 0.15) is 5.75 Å². The second-order valence-electron chi connectivity index (χ2n) is 5.98. The monoisotopic (exact) mass is 403 g/mol. The molecule has 140 valence electrons. The molecule has 0 aliphatic rings. The predicted octanol–water partition coefficient (Wildman–Crippen LogP) is 4.44. The van der Waals surface area contributed by atoms with Crippen LogP contribution >= 0.6 is 23.2 Å². The summed E-state index contributed by atoms with van der Waals surface area (Å²) in [5.41, 5.74) is 2.14. The van der Waals surface area contributed by atoms with Gasteiger partial charge in [0.25, 0.3) is 5.91 Å². The average Bonchev–Trinajstić information content (AvgIpc) is 3.13. The van der Waals surface area contributed by atoms with Crippen LogP contribution in [0.15, 0.2) is 60.9 Å². The largest absolute Gasteiger partial charge is 0.479 e. The van der Waals surface area contributed by atoms with Gasteiger partial charge >= 0.3 is 0 Å². The number of hydrogen-bond acceptors (Lipinski definition) is 3. The topological polar surface area (TPSA) is 56.1 Å². The summed E-state index contributed by atoms with van der Waals surface area (Å²) < 4.78 is 7.40. The van der Waals surface area contributed by atoms with Crippen molar-refractivity contribution in [1.82, 2.24) is 15.1 Å². The van der Waals surface area contributed by atoms with Crippen LogP contribution < -0.4 is 10.1 Å². The highest BCUT2D eigenvalue weighted by molar-refractivity contribution is 6.35. The molecule has 0 radical (unpaired) electrons. The molecule has 7 heteroatoms. The Kier molecular flexibility index (Phi) is 6.37. The Morgan fingerprint density at radius 3 is 2.70 bits per heavy atom. The summed E-state index contributed by atoms with van der Waals surface area (Å²) in [5.74, 6) is 0.194. The molecule has 1 unspecified atom stereocenters. The summed E-state index contributed by atoms with van der Waals surface area (Å²) in [6.07, 6.45) is 3.08. The van der Waals surface area contributed by atoms with Crippen LogP contribution in [0, 0.1) is 0 Å². The molecular weight excluding hydrogens is 385 g/mol. The molecule has 1 aromatic heterocycles. The summed E-state index contributed by atoms with van der Waals surface area (Å²) >= 11 is 11.9. The van der Waals surface area contributed by atoms with Gasteiger partial charge in [-0.1, -0.05) is 53.5 Å². The second-order valence-corrected chi connectivity index (χ2v) is 6.83. The van der Waals surface area contributed by atoms with Gasteiger partial charge in [0.15, 0.2) is 6.10 Å². The number of aromatic nitrogens is 2. The zero-order valence-corrected chi connectivity index (χ0v) is 16.2. The van der Waals surface area contributed by atoms with E-state index in [4.69, 9.17) is 27.9 Å². The average molecular weight is 404 g/mol. The molecule has 27 heavy (non-hydrogen) atoms. The van der Waals surface area contributed by atoms with Gasteiger partial charge in [0.05, 0.1) is 17.8 Å². The van der Waals surface area contributed by atoms with Gasteiger partial charge in [0.2, 0.25) is 0 Å². The minimum absolute atomic E-state index is 0.226. The van der Waals surface area contributed by atoms with E-state index in [0.717, 1.165) is 11.1 Å². The highest BCUT2D eigenvalue weighted by Crippen LogP contribution is 2.28. The van der Waals surface area contributed by atoms with Crippen molar-refractivity contribution in [2.24, 2.45) is 0 Å². The number of nitrogens with one attached hydrogen (secondary N) is 1. The molecule has 0 saturated heterocycles. The lowest BCUT2D eigenvalue weighted by Gasteiger charge is -2.15. The molecular formula is C20H19Cl2N3O2. The van der Waals surface area contributed by atoms with E-state index < -0.39 is 6.10 Å². The Bertz CT molecular complexity index is 913. The van der Waals surface area contributed by atoms with Crippen LogP contribution in [0.3, 0.4) is 0 Å². The third-order valence-corrected chi connectivity index (χ3v) is 4.48. The van der Waals surface area contributed by atoms with Crippen LogP contribution in [-0.2, 0) is 11.3 Å². The van der Waals surface area contributed by atoms with Crippen molar-refractivity contribution in [2.75, 3.05) is 6.54 Å². The van der Waals surface area contributed by atoms with Crippen LogP contribution in [0.4, 0.5) is 0 Å². The van der Waals surface area contributed by atoms with Gasteiger partial charge in [-0.15, -0.1) is 0 Å². The van der Waals surface area contributed by atoms with Gasteiger partial charge < -0.3 is 10.1 Å². The first-order valence-corrected chi connectivity index (χ1v) is 9.26. The van der Waals surface area contributed by atoms with Crippen molar-refractivity contribution < 1.29 is 9.53 Å². The van der Waals surface area contributed by atoms with E-state index in [9.17, 15) is 4.79 Å². The maximum absolute atomic E-state index is 12.2. The second kappa shape index (κ2) is 8.93. The number of rotatable bonds is 7. The van der Waals surface area contributed by atoms with E-state index >= 15 is 0 Å². The molecule has 0 spiro atoms. The SMILES string of the molecule is CC(Oc1ccc(Cl)cc1Cl)C(=O)NCCn1cc(-c2ccccc2)cn1. The quantitative estimate of drug-likeness (QED) is 0.634. The molecule has 1 N–H and O–H groups in total. The third kappa shape index (κ3) is 5.25. The van der Waals surface area contributed by atoms with Crippen LogP contribution in [0.1, 0.15) is 6.92 Å². The lowest BCUT2D eigenvalue weighted by atomic mass is 10.1. The minimum Gasteiger partial charge on any atom is -0.479 e. The molecule has 1 atom stereocenters. The van der Waals surface area contributed by atoms with Gasteiger partial charge in [-0.3, -0.25) is 9.48 Å². The maximum Gasteiger partial charge on any atom is 0.260 e. The van der Waals surface area contributed by atoms with E-state index in [1.165, 1.54) is 0 Å². The molecule has 1 heterocycles. The number of halogens is 2. The van der Waals surface area contributed by atoms with E-state index in [1.807, 2.05) is 42.7 Å². The van der Waals surface area contributed by atoms with E-state index in [0.29, 0.717) is 28.9 Å². The smallest absolute Gasteiger partial charge is 0.260 e. The predicted molar refractivity (Wildman–Crippen MR) is 107 cm³/mol. The van der Waals surface area contributed by atoms with E-state index in [2.05, 4.69) is 10.4 Å². The van der Waals surface area contributed by atoms with E-state index in [1.54, 1.807) is 29.8 Å². The summed E-state index contributed by atoms with van der Waals surface area (Å²) in [4.78, 5) is 12.2. The van der Waals surface area contributed by atoms with Gasteiger partial charge in [-0.25, -0.2) is 0 Å². The van der Waals surface area contributed by atoms with Crippen molar-refractivity contribution in [2.45, 2.75) is 19.6 Å². The number of hydrogen-bond donors (Lipinski definition) is 1. The van der Waals surface area contributed by atoms with Gasteiger partial charge in [0, 0.05) is 23.3 Å². The Morgan fingerprint density at radius 1 is 1.19 bits per heavy atom. The standard InChI is InChI=1S/C20H19Cl2N3O2/c1-14(27-19-8-7-17(21)11-18(19)22)20(26)23-9-10-25-13-16(12-24-25)15-5-3-2-4-6-15/h2-8,11-14H,9-10H2,1H3,(H,23,26). The fourth-order valence-electron chi connectivity index (χ4n) is 2.52. The molecule has 5 nitrogen and oxygen atoms in total. The fraction of sp³-hybridized carbons (Fsp3) is 0.200. The van der Waals surface area contributed by atoms with Crippen molar-refractivity contribution >= 4 is 29.1 Å². The Morgan fingerprint density at radius 2 is 1.96 bits per heavy atom. The lowest BCUT2D eigenvalue weighted by Crippen LogP contribution is -2.38. The van der Waals surface area contributed by atoms with Crippen LogP contribution in [-0.4, -0.2) is 28.3 Å².